The van der Waals surface area contributed by atoms with Gasteiger partial charge in [-0.3, -0.25) is 9.69 Å². The maximum absolute atomic E-state index is 13.1. The number of nitrogens with zero attached hydrogens (tertiary/aromatic N) is 2. The van der Waals surface area contributed by atoms with Crippen molar-refractivity contribution in [2.24, 2.45) is 0 Å². The fourth-order valence-electron chi connectivity index (χ4n) is 3.11. The van der Waals surface area contributed by atoms with Crippen LogP contribution in [0.4, 0.5) is 4.39 Å². The monoisotopic (exact) mass is 351 g/mol. The van der Waals surface area contributed by atoms with E-state index in [1.54, 1.807) is 12.1 Å². The topological polar surface area (TPSA) is 44.8 Å². The van der Waals surface area contributed by atoms with Gasteiger partial charge in [-0.25, -0.2) is 4.39 Å². The third-order valence-electron chi connectivity index (χ3n) is 4.59. The summed E-state index contributed by atoms with van der Waals surface area (Å²) in [6, 6.07) is 5.66. The zero-order chi connectivity index (χ0) is 18.2. The Balaban J connectivity index is 1.71. The minimum Gasteiger partial charge on any atom is -0.378 e. The van der Waals surface area contributed by atoms with E-state index in [1.807, 2.05) is 19.0 Å². The minimum absolute atomic E-state index is 0.0732. The molecule has 1 amide bonds. The highest BCUT2D eigenvalue weighted by Gasteiger charge is 2.22. The molecule has 1 aromatic rings. The van der Waals surface area contributed by atoms with Crippen LogP contribution in [0, 0.1) is 5.82 Å². The van der Waals surface area contributed by atoms with E-state index in [2.05, 4.69) is 17.3 Å². The van der Waals surface area contributed by atoms with Gasteiger partial charge >= 0.3 is 0 Å². The van der Waals surface area contributed by atoms with Crippen molar-refractivity contribution in [2.45, 2.75) is 31.4 Å². The molecule has 1 heterocycles. The summed E-state index contributed by atoms with van der Waals surface area (Å²) in [4.78, 5) is 16.6. The van der Waals surface area contributed by atoms with Crippen molar-refractivity contribution in [3.8, 4) is 0 Å². The summed E-state index contributed by atoms with van der Waals surface area (Å²) >= 11 is 0. The fourth-order valence-corrected chi connectivity index (χ4v) is 3.11. The van der Waals surface area contributed by atoms with Gasteiger partial charge in [0.1, 0.15) is 11.9 Å². The molecule has 25 heavy (non-hydrogen) atoms. The summed E-state index contributed by atoms with van der Waals surface area (Å²) in [7, 11) is 5.82. The number of hydrogen-bond donors (Lipinski definition) is 1. The van der Waals surface area contributed by atoms with Crippen molar-refractivity contribution in [1.82, 2.24) is 15.1 Å². The van der Waals surface area contributed by atoms with Gasteiger partial charge in [-0.05, 0) is 58.1 Å². The number of hydrogen-bond acceptors (Lipinski definition) is 4. The average molecular weight is 351 g/mol. The quantitative estimate of drug-likeness (QED) is 0.728. The van der Waals surface area contributed by atoms with E-state index in [1.165, 1.54) is 12.1 Å². The van der Waals surface area contributed by atoms with Crippen LogP contribution in [0.3, 0.4) is 0 Å². The lowest BCUT2D eigenvalue weighted by molar-refractivity contribution is -0.125. The molecule has 1 N–H and O–H groups in total. The van der Waals surface area contributed by atoms with Crippen LogP contribution in [0.1, 0.15) is 30.9 Å². The van der Waals surface area contributed by atoms with E-state index in [0.717, 1.165) is 37.9 Å². The predicted octanol–water partition coefficient (Wildman–Crippen LogP) is 2.05. The van der Waals surface area contributed by atoms with Crippen molar-refractivity contribution < 1.29 is 13.9 Å². The molecule has 140 valence electrons. The first-order valence-corrected chi connectivity index (χ1v) is 8.97. The number of halogens is 1. The van der Waals surface area contributed by atoms with Crippen LogP contribution < -0.4 is 5.32 Å². The Morgan fingerprint density at radius 1 is 1.32 bits per heavy atom. The van der Waals surface area contributed by atoms with E-state index in [0.29, 0.717) is 19.3 Å². The second-order valence-electron chi connectivity index (χ2n) is 6.94. The number of likely N-dealkylation sites (tertiary alicyclic amines) is 1. The molecule has 1 aliphatic heterocycles. The lowest BCUT2D eigenvalue weighted by atomic mass is 10.1. The van der Waals surface area contributed by atoms with Crippen molar-refractivity contribution >= 4 is 5.91 Å². The van der Waals surface area contributed by atoms with Crippen LogP contribution in [0.2, 0.25) is 0 Å². The summed E-state index contributed by atoms with van der Waals surface area (Å²) in [5.41, 5.74) is 0.784. The van der Waals surface area contributed by atoms with Crippen LogP contribution in [0.5, 0.6) is 0 Å². The molecule has 0 bridgehead atoms. The molecule has 1 saturated heterocycles. The maximum Gasteiger partial charge on any atom is 0.241 e. The van der Waals surface area contributed by atoms with Gasteiger partial charge in [0.05, 0.1) is 6.10 Å². The van der Waals surface area contributed by atoms with E-state index < -0.39 is 6.04 Å². The minimum atomic E-state index is -0.421. The smallest absolute Gasteiger partial charge is 0.241 e. The first-order valence-electron chi connectivity index (χ1n) is 8.97. The van der Waals surface area contributed by atoms with Gasteiger partial charge in [0.15, 0.2) is 0 Å². The Labute approximate surface area is 150 Å². The summed E-state index contributed by atoms with van der Waals surface area (Å²) in [6.45, 7) is 3.42. The molecule has 0 unspecified atom stereocenters. The van der Waals surface area contributed by atoms with E-state index in [4.69, 9.17) is 4.74 Å². The summed E-state index contributed by atoms with van der Waals surface area (Å²) < 4.78 is 19.0. The number of benzene rings is 1. The van der Waals surface area contributed by atoms with E-state index >= 15 is 0 Å². The highest BCUT2D eigenvalue weighted by atomic mass is 19.1. The standard InChI is InChI=1S/C19H30FN3O2/c1-22(2)18(15-5-7-16(20)8-6-15)19(24)21-11-4-14-25-17-9-12-23(3)13-10-17/h5-8,17-18H,4,9-14H2,1-3H3,(H,21,24)/t18-/m0/s1. The number of ether oxygens (including phenoxy) is 1. The Morgan fingerprint density at radius 2 is 1.96 bits per heavy atom. The lowest BCUT2D eigenvalue weighted by Crippen LogP contribution is -2.38. The van der Waals surface area contributed by atoms with Crippen molar-refractivity contribution in [3.63, 3.8) is 0 Å². The number of piperidine rings is 1. The zero-order valence-corrected chi connectivity index (χ0v) is 15.5. The van der Waals surface area contributed by atoms with E-state index in [9.17, 15) is 9.18 Å². The number of carbonyl (C=O) groups excluding carboxylic acids is 1. The SMILES string of the molecule is CN1CCC(OCCCNC(=O)[C@H](c2ccc(F)cc2)N(C)C)CC1. The molecule has 0 aromatic heterocycles. The van der Waals surface area contributed by atoms with Crippen molar-refractivity contribution in [3.05, 3.63) is 35.6 Å². The predicted molar refractivity (Wildman–Crippen MR) is 96.9 cm³/mol. The van der Waals surface area contributed by atoms with E-state index in [-0.39, 0.29) is 11.7 Å². The van der Waals surface area contributed by atoms with Crippen LogP contribution >= 0.6 is 0 Å². The van der Waals surface area contributed by atoms with Crippen molar-refractivity contribution in [1.29, 1.82) is 0 Å². The molecule has 1 atom stereocenters. The highest BCUT2D eigenvalue weighted by molar-refractivity contribution is 5.83. The Hall–Kier alpha value is -1.50. The van der Waals surface area contributed by atoms with Gasteiger partial charge in [0.25, 0.3) is 0 Å². The second kappa shape index (κ2) is 9.85. The van der Waals surface area contributed by atoms with Crippen LogP contribution in [0.15, 0.2) is 24.3 Å². The molecule has 0 saturated carbocycles. The molecule has 5 nitrogen and oxygen atoms in total. The molecule has 0 aliphatic carbocycles. The Morgan fingerprint density at radius 3 is 2.56 bits per heavy atom. The number of rotatable bonds is 8. The number of carbonyl (C=O) groups is 1. The molecule has 1 aromatic carbocycles. The third-order valence-corrected chi connectivity index (χ3v) is 4.59. The number of likely N-dealkylation sites (N-methyl/N-ethyl adjacent to an activating group) is 1. The third kappa shape index (κ3) is 6.38. The molecular weight excluding hydrogens is 321 g/mol. The summed E-state index contributed by atoms with van der Waals surface area (Å²) in [5.74, 6) is -0.372. The molecule has 6 heteroatoms. The first kappa shape index (κ1) is 19.8. The van der Waals surface area contributed by atoms with Gasteiger partial charge in [-0.15, -0.1) is 0 Å². The van der Waals surface area contributed by atoms with Gasteiger partial charge in [0, 0.05) is 26.2 Å². The lowest BCUT2D eigenvalue weighted by Gasteiger charge is -2.29. The average Bonchev–Trinajstić information content (AvgIpc) is 2.58. The maximum atomic E-state index is 13.1. The molecule has 1 fully saturated rings. The Bertz CT molecular complexity index is 528. The molecule has 1 aliphatic rings. The van der Waals surface area contributed by atoms with Gasteiger partial charge in [-0.2, -0.15) is 0 Å². The highest BCUT2D eigenvalue weighted by Crippen LogP contribution is 2.19. The van der Waals surface area contributed by atoms with Crippen LogP contribution in [-0.2, 0) is 9.53 Å². The number of amides is 1. The van der Waals surface area contributed by atoms with Crippen LogP contribution in [-0.4, -0.2) is 69.2 Å². The Kier molecular flexibility index (Phi) is 7.81. The molecule has 0 spiro atoms. The second-order valence-corrected chi connectivity index (χ2v) is 6.94. The van der Waals surface area contributed by atoms with Gasteiger partial charge in [-0.1, -0.05) is 12.1 Å². The number of nitrogens with one attached hydrogen (secondary N) is 1. The van der Waals surface area contributed by atoms with Gasteiger partial charge < -0.3 is 15.0 Å². The first-order chi connectivity index (χ1) is 12.0. The normalized spacial score (nSPS) is 17.6. The summed E-state index contributed by atoms with van der Waals surface area (Å²) in [6.07, 6.45) is 3.30. The van der Waals surface area contributed by atoms with Gasteiger partial charge in [0.2, 0.25) is 5.91 Å². The fraction of sp³-hybridized carbons (Fsp3) is 0.632. The molecular formula is C19H30FN3O2. The summed E-state index contributed by atoms with van der Waals surface area (Å²) in [5, 5.41) is 2.96. The van der Waals surface area contributed by atoms with Crippen LogP contribution in [0.25, 0.3) is 0 Å². The zero-order valence-electron chi connectivity index (χ0n) is 15.5. The molecule has 2 rings (SSSR count). The largest absolute Gasteiger partial charge is 0.378 e. The van der Waals surface area contributed by atoms with Crippen molar-refractivity contribution in [2.75, 3.05) is 47.4 Å². The molecule has 0 radical (unpaired) electrons.